The third kappa shape index (κ3) is 1.89. The molecule has 0 amide bonds. The molecule has 0 aromatic rings. The molecular weight excluding hydrogens is 184 g/mol. The SMILES string of the molecule is CC(C)CC1(C2=CCCC2)CCCC1=O. The Kier molecular flexibility index (Phi) is 2.99. The molecule has 0 spiro atoms. The Morgan fingerprint density at radius 3 is 2.60 bits per heavy atom. The van der Waals surface area contributed by atoms with Crippen LogP contribution in [-0.2, 0) is 4.79 Å². The van der Waals surface area contributed by atoms with Gasteiger partial charge in [0.2, 0.25) is 0 Å². The summed E-state index contributed by atoms with van der Waals surface area (Å²) in [5.41, 5.74) is 1.46. The summed E-state index contributed by atoms with van der Waals surface area (Å²) in [6.45, 7) is 4.48. The van der Waals surface area contributed by atoms with Crippen molar-refractivity contribution in [2.75, 3.05) is 0 Å². The van der Waals surface area contributed by atoms with Crippen LogP contribution in [0.1, 0.15) is 58.8 Å². The Morgan fingerprint density at radius 1 is 1.33 bits per heavy atom. The van der Waals surface area contributed by atoms with Gasteiger partial charge >= 0.3 is 0 Å². The summed E-state index contributed by atoms with van der Waals surface area (Å²) in [6, 6.07) is 0. The van der Waals surface area contributed by atoms with E-state index >= 15 is 0 Å². The maximum Gasteiger partial charge on any atom is 0.143 e. The van der Waals surface area contributed by atoms with Gasteiger partial charge in [-0.1, -0.05) is 25.5 Å². The highest BCUT2D eigenvalue weighted by molar-refractivity contribution is 5.90. The first-order chi connectivity index (χ1) is 7.15. The van der Waals surface area contributed by atoms with Crippen molar-refractivity contribution in [3.05, 3.63) is 11.6 Å². The van der Waals surface area contributed by atoms with E-state index in [1.54, 1.807) is 0 Å². The monoisotopic (exact) mass is 206 g/mol. The Balaban J connectivity index is 2.25. The molecule has 0 bridgehead atoms. The lowest BCUT2D eigenvalue weighted by atomic mass is 9.71. The molecule has 15 heavy (non-hydrogen) atoms. The van der Waals surface area contributed by atoms with Crippen LogP contribution in [0, 0.1) is 11.3 Å². The van der Waals surface area contributed by atoms with Crippen LogP contribution >= 0.6 is 0 Å². The Morgan fingerprint density at radius 2 is 2.13 bits per heavy atom. The molecule has 2 aliphatic carbocycles. The van der Waals surface area contributed by atoms with Gasteiger partial charge in [0, 0.05) is 6.42 Å². The van der Waals surface area contributed by atoms with E-state index < -0.39 is 0 Å². The fourth-order valence-corrected chi connectivity index (χ4v) is 3.42. The third-order valence-corrected chi connectivity index (χ3v) is 3.95. The third-order valence-electron chi connectivity index (χ3n) is 3.95. The normalized spacial score (nSPS) is 31.4. The van der Waals surface area contributed by atoms with Crippen molar-refractivity contribution in [3.63, 3.8) is 0 Å². The van der Waals surface area contributed by atoms with Crippen LogP contribution in [0.3, 0.4) is 0 Å². The summed E-state index contributed by atoms with van der Waals surface area (Å²) in [5.74, 6) is 1.16. The van der Waals surface area contributed by atoms with E-state index in [0.29, 0.717) is 11.7 Å². The summed E-state index contributed by atoms with van der Waals surface area (Å²) < 4.78 is 0. The van der Waals surface area contributed by atoms with E-state index in [9.17, 15) is 4.79 Å². The first-order valence-electron chi connectivity index (χ1n) is 6.38. The summed E-state index contributed by atoms with van der Waals surface area (Å²) >= 11 is 0. The molecule has 0 aliphatic heterocycles. The van der Waals surface area contributed by atoms with E-state index in [0.717, 1.165) is 25.7 Å². The van der Waals surface area contributed by atoms with Crippen LogP contribution < -0.4 is 0 Å². The van der Waals surface area contributed by atoms with Crippen LogP contribution in [0.4, 0.5) is 0 Å². The molecule has 1 unspecified atom stereocenters. The van der Waals surface area contributed by atoms with Crippen molar-refractivity contribution in [3.8, 4) is 0 Å². The first-order valence-corrected chi connectivity index (χ1v) is 6.38. The highest BCUT2D eigenvalue weighted by Gasteiger charge is 2.45. The molecule has 0 saturated heterocycles. The van der Waals surface area contributed by atoms with Gasteiger partial charge in [0.15, 0.2) is 0 Å². The molecule has 2 rings (SSSR count). The summed E-state index contributed by atoms with van der Waals surface area (Å²) in [5, 5.41) is 0. The number of Topliss-reactive ketones (excluding diaryl/α,β-unsaturated/α-hetero) is 1. The second kappa shape index (κ2) is 4.11. The zero-order valence-corrected chi connectivity index (χ0v) is 10.0. The summed E-state index contributed by atoms with van der Waals surface area (Å²) in [6.07, 6.45) is 10.1. The highest BCUT2D eigenvalue weighted by atomic mass is 16.1. The van der Waals surface area contributed by atoms with Crippen molar-refractivity contribution < 1.29 is 4.79 Å². The second-order valence-electron chi connectivity index (χ2n) is 5.58. The maximum atomic E-state index is 12.2. The summed E-state index contributed by atoms with van der Waals surface area (Å²) in [7, 11) is 0. The maximum absolute atomic E-state index is 12.2. The average Bonchev–Trinajstić information content (AvgIpc) is 2.76. The lowest BCUT2D eigenvalue weighted by Crippen LogP contribution is -2.29. The van der Waals surface area contributed by atoms with Crippen LogP contribution in [0.5, 0.6) is 0 Å². The van der Waals surface area contributed by atoms with E-state index in [-0.39, 0.29) is 5.41 Å². The zero-order chi connectivity index (χ0) is 10.9. The van der Waals surface area contributed by atoms with Crippen molar-refractivity contribution >= 4 is 5.78 Å². The Labute approximate surface area is 92.9 Å². The quantitative estimate of drug-likeness (QED) is 0.640. The Hall–Kier alpha value is -0.590. The van der Waals surface area contributed by atoms with Crippen LogP contribution in [0.15, 0.2) is 11.6 Å². The molecule has 1 saturated carbocycles. The first kappa shape index (κ1) is 10.9. The smallest absolute Gasteiger partial charge is 0.143 e. The van der Waals surface area contributed by atoms with Gasteiger partial charge in [-0.25, -0.2) is 0 Å². The fraction of sp³-hybridized carbons (Fsp3) is 0.786. The van der Waals surface area contributed by atoms with Crippen LogP contribution in [0.2, 0.25) is 0 Å². The number of rotatable bonds is 3. The molecule has 0 heterocycles. The summed E-state index contributed by atoms with van der Waals surface area (Å²) in [4.78, 5) is 12.2. The second-order valence-corrected chi connectivity index (χ2v) is 5.58. The molecule has 84 valence electrons. The van der Waals surface area contributed by atoms with Gasteiger partial charge in [0.1, 0.15) is 5.78 Å². The fourth-order valence-electron chi connectivity index (χ4n) is 3.42. The minimum absolute atomic E-state index is 0.0231. The van der Waals surface area contributed by atoms with Crippen molar-refractivity contribution in [2.24, 2.45) is 11.3 Å². The Bertz CT molecular complexity index is 288. The molecule has 1 heteroatoms. The van der Waals surface area contributed by atoms with Crippen molar-refractivity contribution in [1.29, 1.82) is 0 Å². The van der Waals surface area contributed by atoms with Gasteiger partial charge in [-0.05, 0) is 44.4 Å². The topological polar surface area (TPSA) is 17.1 Å². The molecule has 2 aliphatic rings. The lowest BCUT2D eigenvalue weighted by Gasteiger charge is -2.31. The van der Waals surface area contributed by atoms with E-state index in [1.807, 2.05) is 0 Å². The molecule has 1 fully saturated rings. The van der Waals surface area contributed by atoms with Gasteiger partial charge < -0.3 is 0 Å². The van der Waals surface area contributed by atoms with Crippen molar-refractivity contribution in [1.82, 2.24) is 0 Å². The number of hydrogen-bond acceptors (Lipinski definition) is 1. The molecule has 0 aromatic heterocycles. The standard InChI is InChI=1S/C14H22O/c1-11(2)10-14(9-5-8-13(14)15)12-6-3-4-7-12/h6,11H,3-5,7-10H2,1-2H3. The largest absolute Gasteiger partial charge is 0.299 e. The van der Waals surface area contributed by atoms with E-state index in [1.165, 1.54) is 24.8 Å². The molecule has 1 nitrogen and oxygen atoms in total. The molecular formula is C14H22O. The minimum atomic E-state index is -0.0231. The van der Waals surface area contributed by atoms with Gasteiger partial charge in [0.05, 0.1) is 5.41 Å². The zero-order valence-electron chi connectivity index (χ0n) is 10.0. The van der Waals surface area contributed by atoms with Gasteiger partial charge in [-0.15, -0.1) is 0 Å². The molecule has 0 aromatic carbocycles. The van der Waals surface area contributed by atoms with Crippen molar-refractivity contribution in [2.45, 2.75) is 58.8 Å². The molecule has 0 radical (unpaired) electrons. The average molecular weight is 206 g/mol. The number of ketones is 1. The number of carbonyl (C=O) groups is 1. The van der Waals surface area contributed by atoms with Crippen LogP contribution in [0.25, 0.3) is 0 Å². The van der Waals surface area contributed by atoms with E-state index in [4.69, 9.17) is 0 Å². The minimum Gasteiger partial charge on any atom is -0.299 e. The van der Waals surface area contributed by atoms with E-state index in [2.05, 4.69) is 19.9 Å². The molecule has 0 N–H and O–H groups in total. The number of allylic oxidation sites excluding steroid dienone is 2. The van der Waals surface area contributed by atoms with Gasteiger partial charge in [-0.2, -0.15) is 0 Å². The number of carbonyl (C=O) groups excluding carboxylic acids is 1. The number of hydrogen-bond donors (Lipinski definition) is 0. The van der Waals surface area contributed by atoms with Gasteiger partial charge in [-0.3, -0.25) is 4.79 Å². The lowest BCUT2D eigenvalue weighted by molar-refractivity contribution is -0.124. The van der Waals surface area contributed by atoms with Gasteiger partial charge in [0.25, 0.3) is 0 Å². The predicted octanol–water partition coefficient (Wildman–Crippen LogP) is 3.88. The molecule has 1 atom stereocenters. The highest BCUT2D eigenvalue weighted by Crippen LogP contribution is 2.49. The predicted molar refractivity (Wildman–Crippen MR) is 62.7 cm³/mol. The van der Waals surface area contributed by atoms with Crippen LogP contribution in [-0.4, -0.2) is 5.78 Å².